The Bertz CT molecular complexity index is 1180. The first-order valence-electron chi connectivity index (χ1n) is 10.3. The van der Waals surface area contributed by atoms with E-state index in [9.17, 15) is 28.0 Å². The van der Waals surface area contributed by atoms with E-state index in [2.05, 4.69) is 27.8 Å². The van der Waals surface area contributed by atoms with Gasteiger partial charge in [-0.25, -0.2) is 23.9 Å². The van der Waals surface area contributed by atoms with Gasteiger partial charge in [0.05, 0.1) is 0 Å². The zero-order chi connectivity index (χ0) is 26.9. The summed E-state index contributed by atoms with van der Waals surface area (Å²) in [6, 6.07) is 8.55. The molecule has 0 fully saturated rings. The number of hydroxylamine groups is 1. The molecule has 0 spiro atoms. The van der Waals surface area contributed by atoms with Crippen LogP contribution in [0.4, 0.5) is 24.1 Å². The Hall–Kier alpha value is -4.70. The first-order chi connectivity index (χ1) is 17.0. The van der Waals surface area contributed by atoms with Crippen molar-refractivity contribution in [1.29, 1.82) is 0 Å². The lowest BCUT2D eigenvalue weighted by molar-refractivity contribution is -0.135. The number of urea groups is 2. The molecule has 0 saturated heterocycles. The van der Waals surface area contributed by atoms with Crippen molar-refractivity contribution < 1.29 is 33.2 Å². The Balaban J connectivity index is 2.19. The van der Waals surface area contributed by atoms with Gasteiger partial charge in [-0.2, -0.15) is 0 Å². The predicted octanol–water partition coefficient (Wildman–Crippen LogP) is 1.13. The van der Waals surface area contributed by atoms with Crippen LogP contribution in [0.5, 0.6) is 0 Å². The SMILES string of the molecule is CNC(=O)NC(C)(C(F)F)[C@H](NC(=O)c1ccc(C#Cc2ccc(NC(N)=O)cc2)cc1)C(=O)NO. The van der Waals surface area contributed by atoms with Crippen LogP contribution in [0.15, 0.2) is 48.5 Å². The minimum atomic E-state index is -3.30. The molecule has 11 nitrogen and oxygen atoms in total. The number of hydrogen-bond acceptors (Lipinski definition) is 5. The molecule has 0 aliphatic heterocycles. The fourth-order valence-corrected chi connectivity index (χ4v) is 2.96. The summed E-state index contributed by atoms with van der Waals surface area (Å²) in [5, 5.41) is 17.6. The molecule has 0 heterocycles. The van der Waals surface area contributed by atoms with Crippen LogP contribution in [-0.4, -0.2) is 54.1 Å². The van der Waals surface area contributed by atoms with E-state index in [1.165, 1.54) is 36.8 Å². The van der Waals surface area contributed by atoms with Gasteiger partial charge in [0.25, 0.3) is 18.2 Å². The average Bonchev–Trinajstić information content (AvgIpc) is 2.85. The maximum absolute atomic E-state index is 13.8. The number of primary amides is 1. The van der Waals surface area contributed by atoms with Crippen molar-refractivity contribution in [1.82, 2.24) is 21.4 Å². The highest BCUT2D eigenvalue weighted by Gasteiger charge is 2.48. The molecule has 0 aromatic heterocycles. The largest absolute Gasteiger partial charge is 0.351 e. The summed E-state index contributed by atoms with van der Waals surface area (Å²) in [5.41, 5.74) is 5.39. The van der Waals surface area contributed by atoms with Gasteiger partial charge < -0.3 is 27.0 Å². The summed E-state index contributed by atoms with van der Waals surface area (Å²) in [5.74, 6) is 3.50. The minimum absolute atomic E-state index is 0.00901. The Morgan fingerprint density at radius 1 is 0.972 bits per heavy atom. The number of carbonyl (C=O) groups excluding carboxylic acids is 4. The number of amides is 6. The minimum Gasteiger partial charge on any atom is -0.351 e. The topological polar surface area (TPSA) is 175 Å². The maximum Gasteiger partial charge on any atom is 0.316 e. The molecule has 0 saturated carbocycles. The Kier molecular flexibility index (Phi) is 9.28. The molecule has 190 valence electrons. The van der Waals surface area contributed by atoms with Crippen molar-refractivity contribution in [3.63, 3.8) is 0 Å². The van der Waals surface area contributed by atoms with E-state index in [1.54, 1.807) is 24.3 Å². The highest BCUT2D eigenvalue weighted by molar-refractivity contribution is 5.98. The van der Waals surface area contributed by atoms with E-state index >= 15 is 0 Å². The molecule has 0 bridgehead atoms. The van der Waals surface area contributed by atoms with E-state index in [1.807, 2.05) is 5.32 Å². The smallest absolute Gasteiger partial charge is 0.316 e. The number of halogens is 2. The Morgan fingerprint density at radius 3 is 1.94 bits per heavy atom. The average molecular weight is 502 g/mol. The van der Waals surface area contributed by atoms with E-state index in [0.717, 1.165) is 6.92 Å². The Labute approximate surface area is 204 Å². The standard InChI is InChI=1S/C23H24F2N6O5/c1-23(20(24)25,30-22(35)27-2)17(19(33)31-36)29-18(32)15-9-5-13(6-10-15)3-4-14-7-11-16(12-8-14)28-21(26)34/h5-12,17,20,36H,1-2H3,(H,29,32)(H,31,33)(H3,26,28,34)(H2,27,30,35)/t17-,23?/m1/s1. The van der Waals surface area contributed by atoms with Gasteiger partial charge in [0.1, 0.15) is 11.6 Å². The molecule has 1 unspecified atom stereocenters. The molecule has 0 aliphatic rings. The van der Waals surface area contributed by atoms with Crippen LogP contribution >= 0.6 is 0 Å². The summed E-state index contributed by atoms with van der Waals surface area (Å²) in [6.45, 7) is 0.849. The maximum atomic E-state index is 13.8. The van der Waals surface area contributed by atoms with Crippen molar-refractivity contribution >= 4 is 29.6 Å². The van der Waals surface area contributed by atoms with Gasteiger partial charge in [-0.3, -0.25) is 14.8 Å². The second kappa shape index (κ2) is 12.1. The van der Waals surface area contributed by atoms with Gasteiger partial charge in [0, 0.05) is 29.4 Å². The van der Waals surface area contributed by atoms with Crippen LogP contribution in [0.3, 0.4) is 0 Å². The van der Waals surface area contributed by atoms with Crippen LogP contribution in [0.1, 0.15) is 28.4 Å². The lowest BCUT2D eigenvalue weighted by Gasteiger charge is -2.36. The van der Waals surface area contributed by atoms with Gasteiger partial charge in [0.15, 0.2) is 0 Å². The Morgan fingerprint density at radius 2 is 1.50 bits per heavy atom. The number of benzene rings is 2. The first kappa shape index (κ1) is 27.5. The predicted molar refractivity (Wildman–Crippen MR) is 125 cm³/mol. The van der Waals surface area contributed by atoms with Crippen LogP contribution in [0.2, 0.25) is 0 Å². The normalized spacial score (nSPS) is 12.7. The molecule has 2 atom stereocenters. The summed E-state index contributed by atoms with van der Waals surface area (Å²) in [7, 11) is 1.18. The fourth-order valence-electron chi connectivity index (χ4n) is 2.96. The molecule has 36 heavy (non-hydrogen) atoms. The van der Waals surface area contributed by atoms with Gasteiger partial charge in [-0.1, -0.05) is 11.8 Å². The molecule has 2 aromatic carbocycles. The lowest BCUT2D eigenvalue weighted by atomic mass is 9.91. The molecular formula is C23H24F2N6O5. The molecule has 6 amide bonds. The fraction of sp³-hybridized carbons (Fsp3) is 0.217. The molecule has 0 aliphatic carbocycles. The summed E-state index contributed by atoms with van der Waals surface area (Å²) >= 11 is 0. The summed E-state index contributed by atoms with van der Waals surface area (Å²) in [6.07, 6.45) is -3.30. The molecule has 2 aromatic rings. The first-order valence-corrected chi connectivity index (χ1v) is 10.3. The second-order valence-electron chi connectivity index (χ2n) is 7.56. The van der Waals surface area contributed by atoms with Crippen LogP contribution < -0.4 is 32.5 Å². The van der Waals surface area contributed by atoms with Crippen molar-refractivity contribution in [2.45, 2.75) is 24.9 Å². The number of nitrogens with one attached hydrogen (secondary N) is 5. The molecule has 13 heteroatoms. The van der Waals surface area contributed by atoms with Gasteiger partial charge in [0.2, 0.25) is 0 Å². The van der Waals surface area contributed by atoms with E-state index < -0.39 is 41.9 Å². The van der Waals surface area contributed by atoms with Gasteiger partial charge >= 0.3 is 12.1 Å². The van der Waals surface area contributed by atoms with Crippen LogP contribution in [0.25, 0.3) is 0 Å². The highest BCUT2D eigenvalue weighted by Crippen LogP contribution is 2.21. The number of alkyl halides is 2. The van der Waals surface area contributed by atoms with E-state index in [-0.39, 0.29) is 5.56 Å². The van der Waals surface area contributed by atoms with Crippen molar-refractivity contribution in [3.05, 3.63) is 65.2 Å². The second-order valence-corrected chi connectivity index (χ2v) is 7.56. The van der Waals surface area contributed by atoms with Crippen molar-refractivity contribution in [2.75, 3.05) is 12.4 Å². The highest BCUT2D eigenvalue weighted by atomic mass is 19.3. The number of rotatable bonds is 7. The number of anilines is 1. The summed E-state index contributed by atoms with van der Waals surface area (Å²) in [4.78, 5) is 47.3. The van der Waals surface area contributed by atoms with Crippen LogP contribution in [-0.2, 0) is 4.79 Å². The van der Waals surface area contributed by atoms with Gasteiger partial charge in [-0.15, -0.1) is 0 Å². The van der Waals surface area contributed by atoms with E-state index in [4.69, 9.17) is 10.9 Å². The third kappa shape index (κ3) is 7.15. The number of nitrogens with two attached hydrogens (primary N) is 1. The van der Waals surface area contributed by atoms with Crippen molar-refractivity contribution in [2.24, 2.45) is 5.73 Å². The number of carbonyl (C=O) groups is 4. The van der Waals surface area contributed by atoms with Crippen LogP contribution in [0, 0.1) is 11.8 Å². The molecule has 8 N–H and O–H groups in total. The van der Waals surface area contributed by atoms with Gasteiger partial charge in [-0.05, 0) is 55.5 Å². The zero-order valence-corrected chi connectivity index (χ0v) is 19.2. The molecule has 2 rings (SSSR count). The third-order valence-corrected chi connectivity index (χ3v) is 4.96. The number of hydrogen-bond donors (Lipinski definition) is 7. The van der Waals surface area contributed by atoms with Crippen molar-refractivity contribution in [3.8, 4) is 11.8 Å². The lowest BCUT2D eigenvalue weighted by Crippen LogP contribution is -2.69. The van der Waals surface area contributed by atoms with E-state index in [0.29, 0.717) is 16.8 Å². The monoisotopic (exact) mass is 502 g/mol. The quantitative estimate of drug-likeness (QED) is 0.170. The molecular weight excluding hydrogens is 478 g/mol. The third-order valence-electron chi connectivity index (χ3n) is 4.96. The zero-order valence-electron chi connectivity index (χ0n) is 19.2. The summed E-state index contributed by atoms with van der Waals surface area (Å²) < 4.78 is 27.7. The molecule has 0 radical (unpaired) electrons.